The van der Waals surface area contributed by atoms with Crippen molar-refractivity contribution in [1.82, 2.24) is 4.90 Å². The van der Waals surface area contributed by atoms with Gasteiger partial charge in [0.25, 0.3) is 0 Å². The monoisotopic (exact) mass is 249 g/mol. The lowest BCUT2D eigenvalue weighted by atomic mass is 10.1. The summed E-state index contributed by atoms with van der Waals surface area (Å²) < 4.78 is 13.8. The number of nitrogens with zero attached hydrogens (tertiary/aromatic N) is 1. The van der Waals surface area contributed by atoms with E-state index in [4.69, 9.17) is 5.11 Å². The number of carboxylic acids is 1. The molecule has 1 aromatic rings. The Bertz CT molecular complexity index is 465. The lowest BCUT2D eigenvalue weighted by Gasteiger charge is -2.15. The maximum atomic E-state index is 13.8. The van der Waals surface area contributed by atoms with Gasteiger partial charge in [-0.25, -0.2) is 9.18 Å². The van der Waals surface area contributed by atoms with Crippen LogP contribution in [0.5, 0.6) is 0 Å². The van der Waals surface area contributed by atoms with E-state index in [1.165, 1.54) is 25.0 Å². The number of likely N-dealkylation sites (tertiary alicyclic amines) is 1. The molecular weight excluding hydrogens is 233 g/mol. The molecule has 96 valence electrons. The summed E-state index contributed by atoms with van der Waals surface area (Å²) in [6, 6.07) is 4.86. The molecule has 1 saturated heterocycles. The van der Waals surface area contributed by atoms with E-state index < -0.39 is 5.97 Å². The second-order valence-electron chi connectivity index (χ2n) is 4.51. The number of rotatable bonds is 4. The van der Waals surface area contributed by atoms with E-state index in [0.717, 1.165) is 19.2 Å². The molecule has 0 unspecified atom stereocenters. The molecule has 0 saturated carbocycles. The minimum atomic E-state index is -1.03. The third kappa shape index (κ3) is 3.40. The molecule has 0 aromatic heterocycles. The second kappa shape index (κ2) is 5.78. The Kier molecular flexibility index (Phi) is 4.10. The van der Waals surface area contributed by atoms with Gasteiger partial charge in [0.15, 0.2) is 0 Å². The fourth-order valence-corrected chi connectivity index (χ4v) is 2.14. The third-order valence-electron chi connectivity index (χ3n) is 3.09. The lowest BCUT2D eigenvalue weighted by Crippen LogP contribution is -2.19. The normalized spacial score (nSPS) is 16.5. The molecule has 0 atom stereocenters. The summed E-state index contributed by atoms with van der Waals surface area (Å²) in [4.78, 5) is 12.6. The van der Waals surface area contributed by atoms with Crippen molar-refractivity contribution in [1.29, 1.82) is 0 Å². The molecule has 3 nitrogen and oxygen atoms in total. The minimum Gasteiger partial charge on any atom is -0.478 e. The molecular formula is C14H16FNO2. The van der Waals surface area contributed by atoms with E-state index in [9.17, 15) is 9.18 Å². The van der Waals surface area contributed by atoms with Gasteiger partial charge in [-0.15, -0.1) is 0 Å². The molecule has 1 aromatic carbocycles. The summed E-state index contributed by atoms with van der Waals surface area (Å²) in [5, 5.41) is 8.50. The van der Waals surface area contributed by atoms with Crippen LogP contribution in [0.3, 0.4) is 0 Å². The highest BCUT2D eigenvalue weighted by Crippen LogP contribution is 2.17. The van der Waals surface area contributed by atoms with Crippen LogP contribution in [0.2, 0.25) is 0 Å². The molecule has 1 aliphatic rings. The van der Waals surface area contributed by atoms with Crippen LogP contribution < -0.4 is 0 Å². The zero-order valence-electron chi connectivity index (χ0n) is 10.1. The molecule has 0 amide bonds. The number of halogens is 1. The molecule has 0 radical (unpaired) electrons. The molecule has 4 heteroatoms. The molecule has 1 fully saturated rings. The fraction of sp³-hybridized carbons (Fsp3) is 0.357. The van der Waals surface area contributed by atoms with Gasteiger partial charge in [0.05, 0.1) is 0 Å². The van der Waals surface area contributed by atoms with Crippen molar-refractivity contribution < 1.29 is 14.3 Å². The summed E-state index contributed by atoms with van der Waals surface area (Å²) in [6.45, 7) is 2.69. The molecule has 0 spiro atoms. The Morgan fingerprint density at radius 1 is 1.39 bits per heavy atom. The van der Waals surface area contributed by atoms with E-state index >= 15 is 0 Å². The summed E-state index contributed by atoms with van der Waals surface area (Å²) in [5.74, 6) is -1.30. The molecule has 2 rings (SSSR count). The standard InChI is InChI=1S/C14H16FNO2/c15-13-9-11(4-6-14(17)18)3-5-12(13)10-16-7-1-2-8-16/h3-6,9H,1-2,7-8,10H2,(H,17,18). The summed E-state index contributed by atoms with van der Waals surface area (Å²) in [5.41, 5.74) is 1.24. The maximum absolute atomic E-state index is 13.8. The largest absolute Gasteiger partial charge is 0.478 e. The van der Waals surface area contributed by atoms with Crippen molar-refractivity contribution in [3.05, 3.63) is 41.2 Å². The first kappa shape index (κ1) is 12.8. The maximum Gasteiger partial charge on any atom is 0.328 e. The number of carboxylic acid groups (broad SMARTS) is 1. The van der Waals surface area contributed by atoms with Crippen LogP contribution in [-0.4, -0.2) is 29.1 Å². The fourth-order valence-electron chi connectivity index (χ4n) is 2.14. The Morgan fingerprint density at radius 3 is 2.72 bits per heavy atom. The van der Waals surface area contributed by atoms with Gasteiger partial charge >= 0.3 is 5.97 Å². The van der Waals surface area contributed by atoms with Crippen LogP contribution in [0.25, 0.3) is 6.08 Å². The number of carbonyl (C=O) groups is 1. The lowest BCUT2D eigenvalue weighted by molar-refractivity contribution is -0.131. The molecule has 1 heterocycles. The highest BCUT2D eigenvalue weighted by atomic mass is 19.1. The van der Waals surface area contributed by atoms with Gasteiger partial charge in [0, 0.05) is 18.2 Å². The van der Waals surface area contributed by atoms with Gasteiger partial charge in [-0.1, -0.05) is 12.1 Å². The van der Waals surface area contributed by atoms with Gasteiger partial charge in [0.2, 0.25) is 0 Å². The number of hydrogen-bond acceptors (Lipinski definition) is 2. The van der Waals surface area contributed by atoms with E-state index in [1.807, 2.05) is 0 Å². The highest BCUT2D eigenvalue weighted by molar-refractivity contribution is 5.85. The molecule has 0 aliphatic carbocycles. The zero-order chi connectivity index (χ0) is 13.0. The van der Waals surface area contributed by atoms with Gasteiger partial charge in [0.1, 0.15) is 5.82 Å². The summed E-state index contributed by atoms with van der Waals surface area (Å²) >= 11 is 0. The van der Waals surface area contributed by atoms with Crippen LogP contribution in [0.4, 0.5) is 4.39 Å². The number of aliphatic carboxylic acids is 1. The van der Waals surface area contributed by atoms with E-state index in [2.05, 4.69) is 4.90 Å². The van der Waals surface area contributed by atoms with Crippen LogP contribution in [0.1, 0.15) is 24.0 Å². The Balaban J connectivity index is 2.06. The first-order valence-corrected chi connectivity index (χ1v) is 6.07. The molecule has 1 aliphatic heterocycles. The average molecular weight is 249 g/mol. The predicted octanol–water partition coefficient (Wildman–Crippen LogP) is 2.52. The Morgan fingerprint density at radius 2 is 2.11 bits per heavy atom. The van der Waals surface area contributed by atoms with Gasteiger partial charge in [-0.05, 0) is 43.6 Å². The van der Waals surface area contributed by atoms with Crippen molar-refractivity contribution in [2.75, 3.05) is 13.1 Å². The first-order chi connectivity index (χ1) is 8.65. The van der Waals surface area contributed by atoms with Crippen LogP contribution in [0, 0.1) is 5.82 Å². The van der Waals surface area contributed by atoms with Crippen LogP contribution in [-0.2, 0) is 11.3 Å². The van der Waals surface area contributed by atoms with Gasteiger partial charge < -0.3 is 5.11 Å². The second-order valence-corrected chi connectivity index (χ2v) is 4.51. The van der Waals surface area contributed by atoms with Crippen molar-refractivity contribution in [3.63, 3.8) is 0 Å². The van der Waals surface area contributed by atoms with E-state index in [-0.39, 0.29) is 5.82 Å². The van der Waals surface area contributed by atoms with Crippen LogP contribution >= 0.6 is 0 Å². The topological polar surface area (TPSA) is 40.5 Å². The Hall–Kier alpha value is -1.68. The van der Waals surface area contributed by atoms with Gasteiger partial charge in [-0.3, -0.25) is 4.90 Å². The summed E-state index contributed by atoms with van der Waals surface area (Å²) in [6.07, 6.45) is 4.77. The average Bonchev–Trinajstić information content (AvgIpc) is 2.82. The van der Waals surface area contributed by atoms with E-state index in [1.54, 1.807) is 12.1 Å². The highest BCUT2D eigenvalue weighted by Gasteiger charge is 2.13. The van der Waals surface area contributed by atoms with Gasteiger partial charge in [-0.2, -0.15) is 0 Å². The predicted molar refractivity (Wildman–Crippen MR) is 67.6 cm³/mol. The first-order valence-electron chi connectivity index (χ1n) is 6.07. The van der Waals surface area contributed by atoms with Crippen molar-refractivity contribution in [3.8, 4) is 0 Å². The SMILES string of the molecule is O=C(O)C=Cc1ccc(CN2CCCC2)c(F)c1. The number of hydrogen-bond donors (Lipinski definition) is 1. The smallest absolute Gasteiger partial charge is 0.328 e. The minimum absolute atomic E-state index is 0.269. The molecule has 1 N–H and O–H groups in total. The van der Waals surface area contributed by atoms with E-state index in [0.29, 0.717) is 17.7 Å². The van der Waals surface area contributed by atoms with Crippen molar-refractivity contribution in [2.45, 2.75) is 19.4 Å². The Labute approximate surface area is 106 Å². The van der Waals surface area contributed by atoms with Crippen molar-refractivity contribution >= 4 is 12.0 Å². The van der Waals surface area contributed by atoms with Crippen molar-refractivity contribution in [2.24, 2.45) is 0 Å². The molecule has 18 heavy (non-hydrogen) atoms. The number of benzene rings is 1. The molecule has 0 bridgehead atoms. The quantitative estimate of drug-likeness (QED) is 0.833. The van der Waals surface area contributed by atoms with Crippen LogP contribution in [0.15, 0.2) is 24.3 Å². The zero-order valence-corrected chi connectivity index (χ0v) is 10.1. The summed E-state index contributed by atoms with van der Waals surface area (Å²) in [7, 11) is 0. The third-order valence-corrected chi connectivity index (χ3v) is 3.09.